The van der Waals surface area contributed by atoms with Crippen molar-refractivity contribution < 1.29 is 28.6 Å². The van der Waals surface area contributed by atoms with Gasteiger partial charge in [0.15, 0.2) is 0 Å². The number of carbonyl (C=O) groups excluding carboxylic acids is 3. The Morgan fingerprint density at radius 3 is 2.39 bits per heavy atom. The maximum atomic E-state index is 13.3. The van der Waals surface area contributed by atoms with Crippen LogP contribution in [0.3, 0.4) is 0 Å². The lowest BCUT2D eigenvalue weighted by molar-refractivity contribution is -0.139. The molecule has 10 nitrogen and oxygen atoms in total. The topological polar surface area (TPSA) is 101 Å². The Balaban J connectivity index is 1.94. The molecule has 1 N–H and O–H groups in total. The van der Waals surface area contributed by atoms with Crippen molar-refractivity contribution in [2.75, 3.05) is 60.6 Å². The minimum atomic E-state index is -0.752. The first kappa shape index (κ1) is 27.3. The number of hydrogen-bond acceptors (Lipinski definition) is 7. The van der Waals surface area contributed by atoms with E-state index in [0.29, 0.717) is 73.4 Å². The molecule has 3 rings (SSSR count). The molecule has 0 aliphatic carbocycles. The van der Waals surface area contributed by atoms with Crippen molar-refractivity contribution in [3.05, 3.63) is 35.0 Å². The number of benzene rings is 1. The molecular weight excluding hydrogens is 464 g/mol. The van der Waals surface area contributed by atoms with Crippen LogP contribution in [0.5, 0.6) is 11.5 Å². The molecule has 2 aliphatic heterocycles. The van der Waals surface area contributed by atoms with Crippen molar-refractivity contribution in [2.24, 2.45) is 5.92 Å². The Kier molecular flexibility index (Phi) is 9.19. The van der Waals surface area contributed by atoms with Crippen molar-refractivity contribution in [3.8, 4) is 11.5 Å². The molecule has 3 amide bonds. The molecule has 1 aromatic carbocycles. The number of ether oxygens (including phenoxy) is 3. The third-order valence-corrected chi connectivity index (χ3v) is 6.51. The maximum Gasteiger partial charge on any atom is 0.338 e. The summed E-state index contributed by atoms with van der Waals surface area (Å²) in [5.41, 5.74) is 1.56. The average Bonchev–Trinajstić information content (AvgIpc) is 2.86. The molecule has 2 aliphatic rings. The van der Waals surface area contributed by atoms with Gasteiger partial charge < -0.3 is 24.4 Å². The smallest absolute Gasteiger partial charge is 0.338 e. The zero-order valence-electron chi connectivity index (χ0n) is 22.1. The molecule has 0 aromatic heterocycles. The summed E-state index contributed by atoms with van der Waals surface area (Å²) in [5, 5.41) is 2.93. The monoisotopic (exact) mass is 502 g/mol. The fourth-order valence-electron chi connectivity index (χ4n) is 4.53. The Hall–Kier alpha value is -3.27. The first-order valence-corrected chi connectivity index (χ1v) is 12.4. The predicted octanol–water partition coefficient (Wildman–Crippen LogP) is 2.41. The second-order valence-corrected chi connectivity index (χ2v) is 9.39. The van der Waals surface area contributed by atoms with Crippen LogP contribution in [0.15, 0.2) is 29.5 Å². The summed E-state index contributed by atoms with van der Waals surface area (Å²) < 4.78 is 16.3. The number of piperazine rings is 1. The van der Waals surface area contributed by atoms with Gasteiger partial charge in [-0.05, 0) is 25.0 Å². The molecule has 0 bridgehead atoms. The fraction of sp³-hybridized carbons (Fsp3) is 0.577. The van der Waals surface area contributed by atoms with Gasteiger partial charge in [-0.25, -0.2) is 9.59 Å². The first-order valence-electron chi connectivity index (χ1n) is 12.4. The third-order valence-electron chi connectivity index (χ3n) is 6.51. The van der Waals surface area contributed by atoms with Gasteiger partial charge in [-0.3, -0.25) is 14.6 Å². The molecule has 1 aromatic rings. The molecule has 1 saturated heterocycles. The van der Waals surface area contributed by atoms with Crippen LogP contribution in [0.2, 0.25) is 0 Å². The highest BCUT2D eigenvalue weighted by atomic mass is 16.5. The van der Waals surface area contributed by atoms with E-state index in [1.165, 1.54) is 12.0 Å². The van der Waals surface area contributed by atoms with Crippen molar-refractivity contribution in [3.63, 3.8) is 0 Å². The van der Waals surface area contributed by atoms with Crippen LogP contribution in [-0.2, 0) is 14.3 Å². The Morgan fingerprint density at radius 2 is 1.81 bits per heavy atom. The molecule has 0 radical (unpaired) electrons. The number of nitrogens with zero attached hydrogens (tertiary/aromatic N) is 3. The standard InChI is InChI=1S/C26H38N4O6/c1-7-36-25(32)23-20(16-29-10-12-30(13-11-29)22(31)14-17(2)3)28(4)26(33)27-24(23)19-9-8-18(34-5)15-21(19)35-6/h8-9,15,17,24H,7,10-14,16H2,1-6H3,(H,27,33). The number of esters is 1. The van der Waals surface area contributed by atoms with E-state index >= 15 is 0 Å². The highest BCUT2D eigenvalue weighted by Crippen LogP contribution is 2.37. The Morgan fingerprint density at radius 1 is 1.11 bits per heavy atom. The fourth-order valence-corrected chi connectivity index (χ4v) is 4.53. The lowest BCUT2D eigenvalue weighted by atomic mass is 9.93. The second-order valence-electron chi connectivity index (χ2n) is 9.39. The molecule has 36 heavy (non-hydrogen) atoms. The van der Waals surface area contributed by atoms with Crippen LogP contribution < -0.4 is 14.8 Å². The minimum absolute atomic E-state index is 0.164. The van der Waals surface area contributed by atoms with Gasteiger partial charge in [-0.2, -0.15) is 0 Å². The van der Waals surface area contributed by atoms with Crippen LogP contribution in [0.25, 0.3) is 0 Å². The average molecular weight is 503 g/mol. The number of methoxy groups -OCH3 is 2. The normalized spacial score (nSPS) is 18.9. The molecule has 1 atom stereocenters. The summed E-state index contributed by atoms with van der Waals surface area (Å²) in [4.78, 5) is 44.3. The molecule has 10 heteroatoms. The summed E-state index contributed by atoms with van der Waals surface area (Å²) in [6.45, 7) is 8.92. The summed E-state index contributed by atoms with van der Waals surface area (Å²) in [5.74, 6) is 1.07. The van der Waals surface area contributed by atoms with Crippen LogP contribution >= 0.6 is 0 Å². The SMILES string of the molecule is CCOC(=O)C1=C(CN2CCN(C(=O)CC(C)C)CC2)N(C)C(=O)NC1c1ccc(OC)cc1OC. The molecule has 0 spiro atoms. The molecule has 2 heterocycles. The number of amides is 3. The van der Waals surface area contributed by atoms with E-state index in [-0.39, 0.29) is 18.5 Å². The second kappa shape index (κ2) is 12.1. The highest BCUT2D eigenvalue weighted by molar-refractivity contribution is 5.95. The van der Waals surface area contributed by atoms with Crippen molar-refractivity contribution in [1.29, 1.82) is 0 Å². The van der Waals surface area contributed by atoms with E-state index < -0.39 is 12.0 Å². The van der Waals surface area contributed by atoms with Crippen LogP contribution in [0.1, 0.15) is 38.8 Å². The highest BCUT2D eigenvalue weighted by Gasteiger charge is 2.39. The van der Waals surface area contributed by atoms with E-state index in [1.54, 1.807) is 39.3 Å². The van der Waals surface area contributed by atoms with Crippen molar-refractivity contribution >= 4 is 17.9 Å². The lowest BCUT2D eigenvalue weighted by Crippen LogP contribution is -2.53. The summed E-state index contributed by atoms with van der Waals surface area (Å²) in [6.07, 6.45) is 0.534. The van der Waals surface area contributed by atoms with Gasteiger partial charge in [0.2, 0.25) is 5.91 Å². The van der Waals surface area contributed by atoms with Crippen LogP contribution in [-0.4, -0.2) is 93.2 Å². The van der Waals surface area contributed by atoms with Gasteiger partial charge in [0, 0.05) is 63.5 Å². The van der Waals surface area contributed by atoms with Crippen molar-refractivity contribution in [2.45, 2.75) is 33.2 Å². The summed E-state index contributed by atoms with van der Waals surface area (Å²) >= 11 is 0. The van der Waals surface area contributed by atoms with Crippen LogP contribution in [0.4, 0.5) is 4.79 Å². The number of rotatable bonds is 9. The van der Waals surface area contributed by atoms with Gasteiger partial charge in [-0.15, -0.1) is 0 Å². The number of carbonyl (C=O) groups is 3. The van der Waals surface area contributed by atoms with Gasteiger partial charge in [-0.1, -0.05) is 13.8 Å². The minimum Gasteiger partial charge on any atom is -0.497 e. The van der Waals surface area contributed by atoms with Gasteiger partial charge in [0.25, 0.3) is 0 Å². The Bertz CT molecular complexity index is 1000. The summed E-state index contributed by atoms with van der Waals surface area (Å²) in [6, 6.07) is 4.18. The maximum absolute atomic E-state index is 13.3. The van der Waals surface area contributed by atoms with E-state index in [4.69, 9.17) is 14.2 Å². The van der Waals surface area contributed by atoms with E-state index in [2.05, 4.69) is 10.2 Å². The van der Waals surface area contributed by atoms with Gasteiger partial charge in [0.1, 0.15) is 11.5 Å². The van der Waals surface area contributed by atoms with Crippen LogP contribution in [0, 0.1) is 5.92 Å². The molecule has 0 saturated carbocycles. The number of likely N-dealkylation sites (N-methyl/N-ethyl adjacent to an activating group) is 1. The molecule has 1 fully saturated rings. The number of nitrogens with one attached hydrogen (secondary N) is 1. The summed E-state index contributed by atoms with van der Waals surface area (Å²) in [7, 11) is 4.74. The van der Waals surface area contributed by atoms with E-state index in [9.17, 15) is 14.4 Å². The third kappa shape index (κ3) is 6.10. The molecular formula is C26H38N4O6. The largest absolute Gasteiger partial charge is 0.497 e. The lowest BCUT2D eigenvalue weighted by Gasteiger charge is -2.39. The number of urea groups is 1. The van der Waals surface area contributed by atoms with Gasteiger partial charge >= 0.3 is 12.0 Å². The van der Waals surface area contributed by atoms with E-state index in [0.717, 1.165) is 0 Å². The Labute approximate surface area is 213 Å². The van der Waals surface area contributed by atoms with Gasteiger partial charge in [0.05, 0.1) is 32.4 Å². The zero-order valence-corrected chi connectivity index (χ0v) is 22.1. The zero-order chi connectivity index (χ0) is 26.4. The van der Waals surface area contributed by atoms with E-state index in [1.807, 2.05) is 18.7 Å². The predicted molar refractivity (Wildman–Crippen MR) is 135 cm³/mol. The van der Waals surface area contributed by atoms with Crippen molar-refractivity contribution in [1.82, 2.24) is 20.0 Å². The first-order chi connectivity index (χ1) is 17.2. The molecule has 1 unspecified atom stereocenters. The number of hydrogen-bond donors (Lipinski definition) is 1. The molecule has 198 valence electrons. The quantitative estimate of drug-likeness (QED) is 0.518.